The number of para-hydroxylation sites is 1. The summed E-state index contributed by atoms with van der Waals surface area (Å²) in [7, 11) is 0. The summed E-state index contributed by atoms with van der Waals surface area (Å²) in [6, 6.07) is 8.70. The Balaban J connectivity index is 1.34. The molecule has 0 unspecified atom stereocenters. The normalized spacial score (nSPS) is 13.9. The lowest BCUT2D eigenvalue weighted by Gasteiger charge is -2.35. The maximum absolute atomic E-state index is 13.8. The molecular formula is C25H27F4N7O2S. The Labute approximate surface area is 226 Å². The van der Waals surface area contributed by atoms with Crippen molar-refractivity contribution in [1.29, 1.82) is 0 Å². The van der Waals surface area contributed by atoms with Gasteiger partial charge in [0.15, 0.2) is 5.69 Å². The maximum Gasteiger partial charge on any atom is 0.435 e. The minimum absolute atomic E-state index is 0.106. The number of halogens is 4. The first kappa shape index (κ1) is 28.2. The summed E-state index contributed by atoms with van der Waals surface area (Å²) >= 11 is 0.701. The van der Waals surface area contributed by atoms with Gasteiger partial charge in [-0.1, -0.05) is 19.1 Å². The van der Waals surface area contributed by atoms with E-state index in [1.807, 2.05) is 11.8 Å². The van der Waals surface area contributed by atoms with Crippen molar-refractivity contribution in [2.75, 3.05) is 48.3 Å². The maximum atomic E-state index is 13.8. The molecule has 1 fully saturated rings. The van der Waals surface area contributed by atoms with Gasteiger partial charge >= 0.3 is 12.2 Å². The van der Waals surface area contributed by atoms with Gasteiger partial charge in [0.2, 0.25) is 0 Å². The van der Waals surface area contributed by atoms with E-state index in [0.717, 1.165) is 6.42 Å². The zero-order chi connectivity index (χ0) is 28.0. The monoisotopic (exact) mass is 565 g/mol. The van der Waals surface area contributed by atoms with Gasteiger partial charge < -0.3 is 25.8 Å². The number of anilines is 3. The molecule has 1 aromatic carbocycles. The van der Waals surface area contributed by atoms with E-state index in [2.05, 4.69) is 25.9 Å². The lowest BCUT2D eigenvalue weighted by atomic mass is 10.3. The van der Waals surface area contributed by atoms with Crippen LogP contribution in [0.3, 0.4) is 0 Å². The van der Waals surface area contributed by atoms with E-state index in [4.69, 9.17) is 0 Å². The molecule has 39 heavy (non-hydrogen) atoms. The second kappa shape index (κ2) is 12.4. The highest BCUT2D eigenvalue weighted by atomic mass is 32.1. The molecule has 0 spiro atoms. The van der Waals surface area contributed by atoms with Crippen LogP contribution in [0.5, 0.6) is 0 Å². The van der Waals surface area contributed by atoms with Crippen LogP contribution in [0.15, 0.2) is 42.6 Å². The number of rotatable bonds is 8. The third kappa shape index (κ3) is 7.20. The number of piperazine rings is 1. The predicted octanol–water partition coefficient (Wildman–Crippen LogP) is 4.80. The second-order valence-electron chi connectivity index (χ2n) is 8.70. The van der Waals surface area contributed by atoms with Crippen molar-refractivity contribution in [3.05, 3.63) is 64.0 Å². The van der Waals surface area contributed by atoms with Gasteiger partial charge in [-0.05, 0) is 37.2 Å². The fraction of sp³-hybridized carbons (Fsp3) is 0.360. The van der Waals surface area contributed by atoms with Crippen molar-refractivity contribution in [2.45, 2.75) is 26.1 Å². The zero-order valence-electron chi connectivity index (χ0n) is 21.0. The smallest absolute Gasteiger partial charge is 0.353 e. The summed E-state index contributed by atoms with van der Waals surface area (Å²) in [5.41, 5.74) is -0.868. The van der Waals surface area contributed by atoms with E-state index in [1.54, 1.807) is 23.1 Å². The Morgan fingerprint density at radius 1 is 1.05 bits per heavy atom. The van der Waals surface area contributed by atoms with Crippen LogP contribution in [0.25, 0.3) is 0 Å². The first-order valence-electron chi connectivity index (χ1n) is 12.3. The molecule has 3 heterocycles. The first-order valence-corrected chi connectivity index (χ1v) is 13.1. The van der Waals surface area contributed by atoms with Gasteiger partial charge in [-0.25, -0.2) is 19.2 Å². The van der Waals surface area contributed by atoms with Gasteiger partial charge in [0.25, 0.3) is 5.91 Å². The highest BCUT2D eigenvalue weighted by Crippen LogP contribution is 2.35. The number of urea groups is 1. The minimum atomic E-state index is -4.76. The molecule has 4 rings (SSSR count). The molecule has 0 radical (unpaired) electrons. The van der Waals surface area contributed by atoms with Crippen molar-refractivity contribution in [3.8, 4) is 0 Å². The summed E-state index contributed by atoms with van der Waals surface area (Å²) in [5.74, 6) is -0.846. The van der Waals surface area contributed by atoms with E-state index < -0.39 is 34.5 Å². The minimum Gasteiger partial charge on any atom is -0.353 e. The van der Waals surface area contributed by atoms with Crippen LogP contribution in [0.1, 0.15) is 33.7 Å². The molecule has 1 aliphatic rings. The summed E-state index contributed by atoms with van der Waals surface area (Å²) in [5, 5.41) is 8.19. The number of pyridine rings is 1. The zero-order valence-corrected chi connectivity index (χ0v) is 21.8. The van der Waals surface area contributed by atoms with E-state index in [0.29, 0.717) is 49.9 Å². The van der Waals surface area contributed by atoms with Gasteiger partial charge in [-0.15, -0.1) is 11.3 Å². The number of carbonyl (C=O) groups excluding carboxylic acids is 2. The Morgan fingerprint density at radius 2 is 1.79 bits per heavy atom. The molecular weight excluding hydrogens is 538 g/mol. The molecule has 3 amide bonds. The lowest BCUT2D eigenvalue weighted by Crippen LogP contribution is -2.50. The molecule has 1 saturated heterocycles. The molecule has 208 valence electrons. The van der Waals surface area contributed by atoms with Crippen molar-refractivity contribution >= 4 is 40.5 Å². The molecule has 0 saturated carbocycles. The Kier molecular flexibility index (Phi) is 8.97. The van der Waals surface area contributed by atoms with Gasteiger partial charge in [0.05, 0.1) is 17.6 Å². The van der Waals surface area contributed by atoms with Gasteiger partial charge in [-0.2, -0.15) is 13.2 Å². The number of carbonyl (C=O) groups is 2. The highest BCUT2D eigenvalue weighted by molar-refractivity contribution is 7.14. The van der Waals surface area contributed by atoms with E-state index >= 15 is 0 Å². The summed E-state index contributed by atoms with van der Waals surface area (Å²) < 4.78 is 54.3. The number of amides is 3. The standard InChI is InChI=1S/C25H27F4N7O2S/c1-2-9-30-15-20-34-22(25(27,28)29)21(39-20)23(37)32-16-7-8-19(31-14-16)35-10-12-36(13-11-35)24(38)33-18-6-4-3-5-17(18)26/h3-8,14,30H,2,9-13,15H2,1H3,(H,32,37)(H,33,38). The van der Waals surface area contributed by atoms with Crippen molar-refractivity contribution in [2.24, 2.45) is 0 Å². The molecule has 2 aromatic heterocycles. The number of alkyl halides is 3. The van der Waals surface area contributed by atoms with Crippen LogP contribution in [-0.4, -0.2) is 59.5 Å². The van der Waals surface area contributed by atoms with E-state index in [1.165, 1.54) is 24.4 Å². The number of benzene rings is 1. The summed E-state index contributed by atoms with van der Waals surface area (Å²) in [4.78, 5) is 36.1. The molecule has 0 bridgehead atoms. The number of hydrogen-bond donors (Lipinski definition) is 3. The Bertz CT molecular complexity index is 1290. The largest absolute Gasteiger partial charge is 0.435 e. The Morgan fingerprint density at radius 3 is 2.44 bits per heavy atom. The van der Waals surface area contributed by atoms with Crippen LogP contribution in [0.4, 0.5) is 39.5 Å². The average molecular weight is 566 g/mol. The van der Waals surface area contributed by atoms with Crippen molar-refractivity contribution in [1.82, 2.24) is 20.2 Å². The number of nitrogens with one attached hydrogen (secondary N) is 3. The van der Waals surface area contributed by atoms with Gasteiger partial charge in [0.1, 0.15) is 21.5 Å². The second-order valence-corrected chi connectivity index (χ2v) is 9.79. The van der Waals surface area contributed by atoms with Crippen molar-refractivity contribution < 1.29 is 27.2 Å². The molecule has 0 aliphatic carbocycles. The van der Waals surface area contributed by atoms with Crippen molar-refractivity contribution in [3.63, 3.8) is 0 Å². The molecule has 9 nitrogen and oxygen atoms in total. The average Bonchev–Trinajstić information content (AvgIpc) is 3.36. The molecule has 0 atom stereocenters. The van der Waals surface area contributed by atoms with Crippen LogP contribution >= 0.6 is 11.3 Å². The Hall–Kier alpha value is -3.78. The highest BCUT2D eigenvalue weighted by Gasteiger charge is 2.39. The van der Waals surface area contributed by atoms with Crippen LogP contribution in [0, 0.1) is 5.82 Å². The van der Waals surface area contributed by atoms with E-state index in [9.17, 15) is 27.2 Å². The molecule has 3 aromatic rings. The van der Waals surface area contributed by atoms with Crippen LogP contribution < -0.4 is 20.9 Å². The fourth-order valence-corrected chi connectivity index (χ4v) is 4.84. The number of aromatic nitrogens is 2. The van der Waals surface area contributed by atoms with Gasteiger partial charge in [0, 0.05) is 32.7 Å². The summed E-state index contributed by atoms with van der Waals surface area (Å²) in [6.07, 6.45) is -2.58. The summed E-state index contributed by atoms with van der Waals surface area (Å²) in [6.45, 7) is 4.38. The first-order chi connectivity index (χ1) is 18.7. The van der Waals surface area contributed by atoms with Crippen LogP contribution in [0.2, 0.25) is 0 Å². The van der Waals surface area contributed by atoms with Crippen LogP contribution in [-0.2, 0) is 12.7 Å². The number of nitrogens with zero attached hydrogens (tertiary/aromatic N) is 4. The SMILES string of the molecule is CCCNCc1nc(C(F)(F)F)c(C(=O)Nc2ccc(N3CCN(C(=O)Nc4ccccc4F)CC3)nc2)s1. The molecule has 14 heteroatoms. The third-order valence-electron chi connectivity index (χ3n) is 5.86. The third-order valence-corrected chi connectivity index (χ3v) is 6.92. The fourth-order valence-electron chi connectivity index (χ4n) is 3.89. The molecule has 1 aliphatic heterocycles. The number of thiazole rings is 1. The van der Waals surface area contributed by atoms with E-state index in [-0.39, 0.29) is 22.9 Å². The lowest BCUT2D eigenvalue weighted by molar-refractivity contribution is -0.141. The molecule has 3 N–H and O–H groups in total. The van der Waals surface area contributed by atoms with Gasteiger partial charge in [-0.3, -0.25) is 4.79 Å². The quantitative estimate of drug-likeness (QED) is 0.268. The topological polar surface area (TPSA) is 102 Å². The number of hydrogen-bond acceptors (Lipinski definition) is 7. The predicted molar refractivity (Wildman–Crippen MR) is 141 cm³/mol.